The van der Waals surface area contributed by atoms with Crippen LogP contribution in [0.5, 0.6) is 0 Å². The molecule has 168 valence electrons. The Kier molecular flexibility index (Phi) is 5.35. The molecule has 3 aromatic rings. The van der Waals surface area contributed by atoms with E-state index in [1.165, 1.54) is 26.2 Å². The number of aromatic nitrogens is 3. The lowest BCUT2D eigenvalue weighted by atomic mass is 10.0. The van der Waals surface area contributed by atoms with E-state index in [4.69, 9.17) is 5.10 Å². The number of nitrogens with zero attached hydrogens (tertiary/aromatic N) is 4. The molecule has 0 saturated heterocycles. The minimum absolute atomic E-state index is 0.127. The van der Waals surface area contributed by atoms with Gasteiger partial charge < -0.3 is 10.3 Å². The van der Waals surface area contributed by atoms with Crippen molar-refractivity contribution in [3.8, 4) is 6.07 Å². The van der Waals surface area contributed by atoms with Crippen LogP contribution in [-0.2, 0) is 10.0 Å². The molecular formula is C22H26N6O3S. The number of pyridine rings is 1. The normalized spacial score (nSPS) is 18.4. The summed E-state index contributed by atoms with van der Waals surface area (Å²) in [5.74, 6) is 0.666. The van der Waals surface area contributed by atoms with Crippen molar-refractivity contribution in [2.24, 2.45) is 11.3 Å². The summed E-state index contributed by atoms with van der Waals surface area (Å²) in [7, 11) is -0.580. The Balaban J connectivity index is 1.74. The number of nitrogens with one attached hydrogen (secondary N) is 2. The second-order valence-corrected chi connectivity index (χ2v) is 11.2. The molecule has 9 nitrogen and oxygen atoms in total. The van der Waals surface area contributed by atoms with Gasteiger partial charge in [0.15, 0.2) is 5.82 Å². The van der Waals surface area contributed by atoms with E-state index in [9.17, 15) is 18.5 Å². The molecule has 10 heteroatoms. The molecule has 0 amide bonds. The molecule has 1 saturated carbocycles. The van der Waals surface area contributed by atoms with Gasteiger partial charge in [-0.05, 0) is 48.1 Å². The van der Waals surface area contributed by atoms with Crippen LogP contribution in [0.2, 0.25) is 0 Å². The molecular weight excluding hydrogens is 428 g/mol. The van der Waals surface area contributed by atoms with Crippen LogP contribution in [-0.4, -0.2) is 41.6 Å². The van der Waals surface area contributed by atoms with Crippen molar-refractivity contribution in [1.29, 1.82) is 5.26 Å². The maximum Gasteiger partial charge on any atom is 0.261 e. The molecule has 1 unspecified atom stereocenters. The van der Waals surface area contributed by atoms with Crippen LogP contribution in [0, 0.1) is 22.7 Å². The Bertz CT molecular complexity index is 1360. The highest BCUT2D eigenvalue weighted by Crippen LogP contribution is 2.58. The number of benzene rings is 1. The Morgan fingerprint density at radius 2 is 1.97 bits per heavy atom. The number of hydrogen-bond donors (Lipinski definition) is 2. The monoisotopic (exact) mass is 454 g/mol. The number of fused-ring (bicyclic) bond motifs is 1. The maximum absolute atomic E-state index is 12.7. The summed E-state index contributed by atoms with van der Waals surface area (Å²) >= 11 is 0. The van der Waals surface area contributed by atoms with Crippen molar-refractivity contribution in [2.45, 2.75) is 37.6 Å². The van der Waals surface area contributed by atoms with Crippen LogP contribution in [0.3, 0.4) is 0 Å². The van der Waals surface area contributed by atoms with Gasteiger partial charge in [-0.2, -0.15) is 10.4 Å². The third kappa shape index (κ3) is 3.78. The standard InChI is InChI=1S/C22H26N6O3S/c1-22(2)13-16(22)17(9-11-23)28-18-10-12-24-21(29)19(18)20(26-28)25-14-5-7-15(8-6-14)32(30,31)27(3)4/h5-8,10,12,16-17H,9,13H2,1-4H3,(H,24,29)(H,25,26)/t16-,17?/m1/s1. The zero-order chi connectivity index (χ0) is 23.3. The molecule has 0 radical (unpaired) electrons. The summed E-state index contributed by atoms with van der Waals surface area (Å²) < 4.78 is 27.5. The van der Waals surface area contributed by atoms with Gasteiger partial charge in [0, 0.05) is 26.0 Å². The molecule has 1 fully saturated rings. The Hall–Kier alpha value is -3.16. The van der Waals surface area contributed by atoms with Crippen molar-refractivity contribution in [3.05, 3.63) is 46.9 Å². The number of anilines is 2. The van der Waals surface area contributed by atoms with E-state index in [-0.39, 0.29) is 21.9 Å². The summed E-state index contributed by atoms with van der Waals surface area (Å²) in [5, 5.41) is 17.7. The van der Waals surface area contributed by atoms with E-state index in [0.717, 1.165) is 10.7 Å². The van der Waals surface area contributed by atoms with Gasteiger partial charge in [-0.3, -0.25) is 9.48 Å². The van der Waals surface area contributed by atoms with Crippen LogP contribution in [0.25, 0.3) is 10.9 Å². The fourth-order valence-electron chi connectivity index (χ4n) is 4.15. The van der Waals surface area contributed by atoms with Crippen LogP contribution in [0.4, 0.5) is 11.5 Å². The highest BCUT2D eigenvalue weighted by Gasteiger charge is 2.51. The van der Waals surface area contributed by atoms with Gasteiger partial charge in [0.25, 0.3) is 5.56 Å². The largest absolute Gasteiger partial charge is 0.338 e. The first kappa shape index (κ1) is 22.0. The minimum Gasteiger partial charge on any atom is -0.338 e. The van der Waals surface area contributed by atoms with Crippen molar-refractivity contribution < 1.29 is 8.42 Å². The molecule has 2 atom stereocenters. The van der Waals surface area contributed by atoms with Crippen LogP contribution in [0.15, 0.2) is 46.2 Å². The second kappa shape index (κ2) is 7.76. The summed E-state index contributed by atoms with van der Waals surface area (Å²) in [4.78, 5) is 15.5. The molecule has 2 aromatic heterocycles. The maximum atomic E-state index is 12.7. The van der Waals surface area contributed by atoms with E-state index in [0.29, 0.717) is 34.7 Å². The molecule has 32 heavy (non-hydrogen) atoms. The predicted octanol–water partition coefficient (Wildman–Crippen LogP) is 3.22. The van der Waals surface area contributed by atoms with Gasteiger partial charge in [-0.1, -0.05) is 13.8 Å². The molecule has 0 aliphatic heterocycles. The number of sulfonamides is 1. The number of aromatic amines is 1. The van der Waals surface area contributed by atoms with Gasteiger partial charge in [-0.25, -0.2) is 12.7 Å². The lowest BCUT2D eigenvalue weighted by Crippen LogP contribution is -2.22. The quantitative estimate of drug-likeness (QED) is 0.565. The van der Waals surface area contributed by atoms with E-state index >= 15 is 0 Å². The zero-order valence-electron chi connectivity index (χ0n) is 18.5. The lowest BCUT2D eigenvalue weighted by Gasteiger charge is -2.17. The Morgan fingerprint density at radius 1 is 1.31 bits per heavy atom. The number of H-pyrrole nitrogens is 1. The third-order valence-electron chi connectivity index (χ3n) is 6.19. The summed E-state index contributed by atoms with van der Waals surface area (Å²) in [6.07, 6.45) is 2.87. The molecule has 2 N–H and O–H groups in total. The molecule has 1 aliphatic rings. The molecule has 2 heterocycles. The molecule has 1 aromatic carbocycles. The van der Waals surface area contributed by atoms with Gasteiger partial charge in [0.05, 0.1) is 28.9 Å². The van der Waals surface area contributed by atoms with E-state index in [2.05, 4.69) is 30.2 Å². The molecule has 0 bridgehead atoms. The van der Waals surface area contributed by atoms with Gasteiger partial charge in [0.2, 0.25) is 10.0 Å². The van der Waals surface area contributed by atoms with Crippen LogP contribution >= 0.6 is 0 Å². The molecule has 0 spiro atoms. The summed E-state index contributed by atoms with van der Waals surface area (Å²) in [6.45, 7) is 4.34. The summed E-state index contributed by atoms with van der Waals surface area (Å²) in [5.41, 5.74) is 1.10. The SMILES string of the molecule is CN(C)S(=O)(=O)c1ccc(Nc2nn(C(CC#N)[C@H]3CC3(C)C)c3cc[nH]c(=O)c23)cc1. The second-order valence-electron chi connectivity index (χ2n) is 9.03. The average molecular weight is 455 g/mol. The lowest BCUT2D eigenvalue weighted by molar-refractivity contribution is 0.371. The van der Waals surface area contributed by atoms with Crippen LogP contribution < -0.4 is 10.9 Å². The third-order valence-corrected chi connectivity index (χ3v) is 8.02. The minimum atomic E-state index is -3.53. The van der Waals surface area contributed by atoms with Gasteiger partial charge in [-0.15, -0.1) is 0 Å². The predicted molar refractivity (Wildman–Crippen MR) is 122 cm³/mol. The van der Waals surface area contributed by atoms with Crippen molar-refractivity contribution in [2.75, 3.05) is 19.4 Å². The van der Waals surface area contributed by atoms with E-state index in [1.807, 2.05) is 0 Å². The molecule has 4 rings (SSSR count). The fourth-order valence-corrected chi connectivity index (χ4v) is 5.06. The van der Waals surface area contributed by atoms with Crippen molar-refractivity contribution >= 4 is 32.4 Å². The first-order valence-corrected chi connectivity index (χ1v) is 11.8. The topological polar surface area (TPSA) is 124 Å². The molecule has 1 aliphatic carbocycles. The van der Waals surface area contributed by atoms with E-state index in [1.54, 1.807) is 29.1 Å². The summed E-state index contributed by atoms with van der Waals surface area (Å²) in [6, 6.07) is 10.2. The number of hydrogen-bond acceptors (Lipinski definition) is 6. The number of nitriles is 1. The highest BCUT2D eigenvalue weighted by molar-refractivity contribution is 7.89. The Labute approximate surface area is 186 Å². The van der Waals surface area contributed by atoms with Crippen LogP contribution in [0.1, 0.15) is 32.7 Å². The smallest absolute Gasteiger partial charge is 0.261 e. The first-order chi connectivity index (χ1) is 15.1. The van der Waals surface area contributed by atoms with Crippen molar-refractivity contribution in [3.63, 3.8) is 0 Å². The Morgan fingerprint density at radius 3 is 2.53 bits per heavy atom. The zero-order valence-corrected chi connectivity index (χ0v) is 19.3. The van der Waals surface area contributed by atoms with E-state index < -0.39 is 10.0 Å². The first-order valence-electron chi connectivity index (χ1n) is 10.3. The fraction of sp³-hybridized carbons (Fsp3) is 0.409. The number of rotatable bonds is 7. The highest BCUT2D eigenvalue weighted by atomic mass is 32.2. The van der Waals surface area contributed by atoms with Gasteiger partial charge >= 0.3 is 0 Å². The average Bonchev–Trinajstić information content (AvgIpc) is 3.21. The van der Waals surface area contributed by atoms with Gasteiger partial charge in [0.1, 0.15) is 5.39 Å². The van der Waals surface area contributed by atoms with Crippen molar-refractivity contribution in [1.82, 2.24) is 19.1 Å².